The van der Waals surface area contributed by atoms with E-state index in [-0.39, 0.29) is 0 Å². The molecule has 0 aliphatic heterocycles. The molecule has 0 atom stereocenters. The van der Waals surface area contributed by atoms with Gasteiger partial charge in [-0.05, 0) is 18.2 Å². The highest BCUT2D eigenvalue weighted by Gasteiger charge is 2.19. The topological polar surface area (TPSA) is 22.4 Å². The molecule has 0 fully saturated rings. The Hall–Kier alpha value is -3.09. The van der Waals surface area contributed by atoms with Gasteiger partial charge in [0.05, 0.1) is 5.39 Å². The normalized spacial score (nSPS) is 11.3. The monoisotopic (exact) mass is 368 g/mol. The number of hydrogen-bond acceptors (Lipinski definition) is 2. The van der Waals surface area contributed by atoms with E-state index < -0.39 is 8.15 Å². The lowest BCUT2D eigenvalue weighted by molar-refractivity contribution is 0.633. The molecule has 0 radical (unpaired) electrons. The lowest BCUT2D eigenvalue weighted by Crippen LogP contribution is -2.15. The van der Waals surface area contributed by atoms with Gasteiger partial charge in [0.2, 0.25) is 0 Å². The minimum absolute atomic E-state index is 0.852. The number of rotatable bonds is 4. The molecule has 3 heteroatoms. The lowest BCUT2D eigenvalue weighted by Gasteiger charge is -2.19. The van der Waals surface area contributed by atoms with Crippen LogP contribution in [0, 0.1) is 0 Å². The van der Waals surface area contributed by atoms with Crippen LogP contribution < -0.4 is 15.1 Å². The molecular formula is C24H17O2P. The summed E-state index contributed by atoms with van der Waals surface area (Å²) in [7, 11) is -0.979. The maximum Gasteiger partial charge on any atom is 0.150 e. The first-order valence-corrected chi connectivity index (χ1v) is 10.1. The molecule has 0 saturated carbocycles. The Labute approximate surface area is 158 Å². The van der Waals surface area contributed by atoms with Crippen molar-refractivity contribution in [2.24, 2.45) is 0 Å². The van der Waals surface area contributed by atoms with Crippen molar-refractivity contribution in [2.45, 2.75) is 0 Å². The summed E-state index contributed by atoms with van der Waals surface area (Å²) in [5, 5.41) is 4.48. The van der Waals surface area contributed by atoms with E-state index in [1.165, 1.54) is 10.6 Å². The number of hydrogen-bond donors (Lipinski definition) is 0. The third kappa shape index (κ3) is 2.99. The summed E-state index contributed by atoms with van der Waals surface area (Å²) in [6, 6.07) is 35.0. The van der Waals surface area contributed by atoms with Crippen LogP contribution in [-0.2, 0) is 0 Å². The Morgan fingerprint density at radius 1 is 0.556 bits per heavy atom. The van der Waals surface area contributed by atoms with Crippen molar-refractivity contribution < 1.29 is 8.94 Å². The van der Waals surface area contributed by atoms with Gasteiger partial charge in [-0.2, -0.15) is 0 Å². The van der Waals surface area contributed by atoms with Crippen LogP contribution in [0.5, 0.6) is 5.75 Å². The Bertz CT molecular complexity index is 1160. The van der Waals surface area contributed by atoms with Crippen molar-refractivity contribution in [1.29, 1.82) is 0 Å². The number of benzene rings is 4. The molecule has 0 unspecified atom stereocenters. The first-order valence-electron chi connectivity index (χ1n) is 8.88. The first kappa shape index (κ1) is 16.1. The SMILES string of the molecule is c1ccc(P(Oc2cccc3oc4ccccc4c23)c2ccccc2)cc1. The van der Waals surface area contributed by atoms with E-state index in [2.05, 4.69) is 54.6 Å². The molecule has 0 N–H and O–H groups in total. The van der Waals surface area contributed by atoms with Crippen molar-refractivity contribution >= 4 is 40.7 Å². The molecule has 0 aliphatic carbocycles. The molecule has 5 aromatic rings. The maximum atomic E-state index is 6.67. The maximum absolute atomic E-state index is 6.67. The third-order valence-corrected chi connectivity index (χ3v) is 6.45. The largest absolute Gasteiger partial charge is 0.464 e. The lowest BCUT2D eigenvalue weighted by atomic mass is 10.1. The van der Waals surface area contributed by atoms with Crippen molar-refractivity contribution in [2.75, 3.05) is 0 Å². The fourth-order valence-corrected chi connectivity index (χ4v) is 5.04. The van der Waals surface area contributed by atoms with E-state index in [9.17, 15) is 0 Å². The second kappa shape index (κ2) is 6.90. The summed E-state index contributed by atoms with van der Waals surface area (Å²) < 4.78 is 12.7. The summed E-state index contributed by atoms with van der Waals surface area (Å²) >= 11 is 0. The van der Waals surface area contributed by atoms with Gasteiger partial charge in [0.1, 0.15) is 16.9 Å². The van der Waals surface area contributed by atoms with Crippen LogP contribution >= 0.6 is 8.15 Å². The van der Waals surface area contributed by atoms with Gasteiger partial charge >= 0.3 is 0 Å². The zero-order chi connectivity index (χ0) is 18.1. The van der Waals surface area contributed by atoms with E-state index in [0.717, 1.165) is 27.7 Å². The smallest absolute Gasteiger partial charge is 0.150 e. The molecule has 0 amide bonds. The van der Waals surface area contributed by atoms with Crippen LogP contribution in [0.15, 0.2) is 108 Å². The minimum atomic E-state index is -0.979. The van der Waals surface area contributed by atoms with Crippen LogP contribution in [0.3, 0.4) is 0 Å². The van der Waals surface area contributed by atoms with E-state index in [4.69, 9.17) is 8.94 Å². The summed E-state index contributed by atoms with van der Waals surface area (Å²) in [6.45, 7) is 0. The van der Waals surface area contributed by atoms with Crippen molar-refractivity contribution in [1.82, 2.24) is 0 Å². The van der Waals surface area contributed by atoms with Crippen LogP contribution in [-0.4, -0.2) is 0 Å². The summed E-state index contributed by atoms with van der Waals surface area (Å²) in [4.78, 5) is 0. The van der Waals surface area contributed by atoms with Crippen molar-refractivity contribution in [3.63, 3.8) is 0 Å². The van der Waals surface area contributed by atoms with Gasteiger partial charge < -0.3 is 8.94 Å². The summed E-state index contributed by atoms with van der Waals surface area (Å²) in [5.74, 6) is 0.858. The molecule has 0 aliphatic rings. The fourth-order valence-electron chi connectivity index (χ4n) is 3.30. The molecule has 27 heavy (non-hydrogen) atoms. The molecule has 0 bridgehead atoms. The predicted molar refractivity (Wildman–Crippen MR) is 113 cm³/mol. The van der Waals surface area contributed by atoms with Gasteiger partial charge in [-0.1, -0.05) is 84.9 Å². The first-order chi connectivity index (χ1) is 13.4. The highest BCUT2D eigenvalue weighted by Crippen LogP contribution is 2.42. The molecule has 0 spiro atoms. The second-order valence-electron chi connectivity index (χ2n) is 6.28. The van der Waals surface area contributed by atoms with Crippen molar-refractivity contribution in [3.05, 3.63) is 103 Å². The van der Waals surface area contributed by atoms with E-state index in [1.54, 1.807) is 0 Å². The Balaban J connectivity index is 1.67. The van der Waals surface area contributed by atoms with Gasteiger partial charge in [0.25, 0.3) is 0 Å². The van der Waals surface area contributed by atoms with E-state index in [1.807, 2.05) is 48.5 Å². The van der Waals surface area contributed by atoms with Crippen LogP contribution in [0.2, 0.25) is 0 Å². The predicted octanol–water partition coefficient (Wildman–Crippen LogP) is 6.01. The number of para-hydroxylation sites is 1. The molecule has 2 nitrogen and oxygen atoms in total. The van der Waals surface area contributed by atoms with Crippen LogP contribution in [0.4, 0.5) is 0 Å². The van der Waals surface area contributed by atoms with Gasteiger partial charge in [-0.25, -0.2) is 0 Å². The molecule has 1 heterocycles. The molecule has 130 valence electrons. The molecular weight excluding hydrogens is 351 g/mol. The second-order valence-corrected chi connectivity index (χ2v) is 8.09. The minimum Gasteiger partial charge on any atom is -0.464 e. The zero-order valence-corrected chi connectivity index (χ0v) is 15.5. The fraction of sp³-hybridized carbons (Fsp3) is 0. The highest BCUT2D eigenvalue weighted by molar-refractivity contribution is 7.68. The third-order valence-electron chi connectivity index (χ3n) is 4.54. The van der Waals surface area contributed by atoms with Gasteiger partial charge in [-0.3, -0.25) is 0 Å². The standard InChI is InChI=1S/C24H17O2P/c1-3-10-18(11-4-1)27(19-12-5-2-6-13-19)26-23-17-9-16-22-24(23)20-14-7-8-15-21(20)25-22/h1-17H. The van der Waals surface area contributed by atoms with E-state index in [0.29, 0.717) is 0 Å². The Morgan fingerprint density at radius 2 is 1.15 bits per heavy atom. The van der Waals surface area contributed by atoms with Crippen molar-refractivity contribution in [3.8, 4) is 5.75 Å². The Kier molecular flexibility index (Phi) is 4.12. The molecule has 0 saturated heterocycles. The van der Waals surface area contributed by atoms with Crippen LogP contribution in [0.25, 0.3) is 21.9 Å². The van der Waals surface area contributed by atoms with Gasteiger partial charge in [-0.15, -0.1) is 0 Å². The van der Waals surface area contributed by atoms with Crippen LogP contribution in [0.1, 0.15) is 0 Å². The quantitative estimate of drug-likeness (QED) is 0.362. The Morgan fingerprint density at radius 3 is 1.85 bits per heavy atom. The average molecular weight is 368 g/mol. The molecule has 5 rings (SSSR count). The molecule has 4 aromatic carbocycles. The van der Waals surface area contributed by atoms with Gasteiger partial charge in [0, 0.05) is 16.0 Å². The molecule has 1 aromatic heterocycles. The average Bonchev–Trinajstić information content (AvgIpc) is 3.13. The van der Waals surface area contributed by atoms with E-state index >= 15 is 0 Å². The number of fused-ring (bicyclic) bond motifs is 3. The summed E-state index contributed by atoms with van der Waals surface area (Å²) in [5.41, 5.74) is 1.73. The highest BCUT2D eigenvalue weighted by atomic mass is 31.1. The van der Waals surface area contributed by atoms with Gasteiger partial charge in [0.15, 0.2) is 8.15 Å². The number of furan rings is 1. The summed E-state index contributed by atoms with van der Waals surface area (Å²) in [6.07, 6.45) is 0. The zero-order valence-electron chi connectivity index (χ0n) is 14.6.